The first-order chi connectivity index (χ1) is 11.4. The first kappa shape index (κ1) is 18.3. The van der Waals surface area contributed by atoms with Crippen molar-refractivity contribution in [2.24, 2.45) is 5.92 Å². The predicted octanol–water partition coefficient (Wildman–Crippen LogP) is 3.26. The Kier molecular flexibility index (Phi) is 6.23. The fraction of sp³-hybridized carbons (Fsp3) is 0.588. The van der Waals surface area contributed by atoms with E-state index < -0.39 is 13.0 Å². The Bertz CT molecular complexity index is 573. The van der Waals surface area contributed by atoms with Gasteiger partial charge in [-0.25, -0.2) is 8.78 Å². The molecule has 1 amide bonds. The molecule has 1 saturated carbocycles. The van der Waals surface area contributed by atoms with E-state index in [0.29, 0.717) is 17.3 Å². The number of anilines is 2. The van der Waals surface area contributed by atoms with Crippen LogP contribution in [0.3, 0.4) is 0 Å². The lowest BCUT2D eigenvalue weighted by Gasteiger charge is -2.27. The zero-order chi connectivity index (χ0) is 17.7. The van der Waals surface area contributed by atoms with Crippen molar-refractivity contribution in [2.75, 3.05) is 24.7 Å². The van der Waals surface area contributed by atoms with Crippen molar-refractivity contribution in [1.29, 1.82) is 0 Å². The van der Waals surface area contributed by atoms with Crippen molar-refractivity contribution in [3.63, 3.8) is 0 Å². The Balaban J connectivity index is 2.16. The van der Waals surface area contributed by atoms with E-state index in [1.807, 2.05) is 0 Å². The van der Waals surface area contributed by atoms with Crippen LogP contribution in [0.4, 0.5) is 20.2 Å². The molecule has 0 bridgehead atoms. The molecule has 0 aromatic heterocycles. The van der Waals surface area contributed by atoms with Crippen LogP contribution in [0.5, 0.6) is 5.75 Å². The lowest BCUT2D eigenvalue weighted by molar-refractivity contribution is 0.0790. The van der Waals surface area contributed by atoms with Gasteiger partial charge in [0.1, 0.15) is 12.4 Å². The van der Waals surface area contributed by atoms with Gasteiger partial charge in [-0.05, 0) is 37.7 Å². The third-order valence-electron chi connectivity index (χ3n) is 4.38. The second kappa shape index (κ2) is 8.17. The molecule has 7 heteroatoms. The number of nitrogens with two attached hydrogens (primary N) is 1. The Hall–Kier alpha value is -2.05. The van der Waals surface area contributed by atoms with Gasteiger partial charge in [0.15, 0.2) is 0 Å². The topological polar surface area (TPSA) is 76.4 Å². The molecule has 5 nitrogen and oxygen atoms in total. The van der Waals surface area contributed by atoms with Crippen molar-refractivity contribution in [3.05, 3.63) is 17.7 Å². The monoisotopic (exact) mass is 341 g/mol. The van der Waals surface area contributed by atoms with Crippen molar-refractivity contribution in [2.45, 2.75) is 45.1 Å². The first-order valence-electron chi connectivity index (χ1n) is 8.23. The molecule has 0 aliphatic heterocycles. The molecule has 4 N–H and O–H groups in total. The van der Waals surface area contributed by atoms with E-state index in [4.69, 9.17) is 10.5 Å². The number of carbonyl (C=O) groups is 1. The smallest absolute Gasteiger partial charge is 0.272 e. The number of ether oxygens (including phenoxy) is 1. The molecule has 0 heterocycles. The van der Waals surface area contributed by atoms with Crippen molar-refractivity contribution in [3.8, 4) is 5.75 Å². The lowest BCUT2D eigenvalue weighted by atomic mass is 9.87. The number of benzene rings is 1. The summed E-state index contributed by atoms with van der Waals surface area (Å²) in [4.78, 5) is 12.6. The Morgan fingerprint density at radius 3 is 2.58 bits per heavy atom. The lowest BCUT2D eigenvalue weighted by Crippen LogP contribution is -2.37. The number of amides is 1. The largest absolute Gasteiger partial charge is 0.487 e. The van der Waals surface area contributed by atoms with Crippen LogP contribution in [0.25, 0.3) is 0 Å². The van der Waals surface area contributed by atoms with E-state index in [1.165, 1.54) is 12.1 Å². The minimum atomic E-state index is -2.61. The predicted molar refractivity (Wildman–Crippen MR) is 90.8 cm³/mol. The summed E-state index contributed by atoms with van der Waals surface area (Å²) >= 11 is 0. The van der Waals surface area contributed by atoms with Crippen LogP contribution in [0.2, 0.25) is 0 Å². The maximum Gasteiger partial charge on any atom is 0.272 e. The van der Waals surface area contributed by atoms with Crippen LogP contribution in [-0.2, 0) is 0 Å². The third kappa shape index (κ3) is 4.72. The van der Waals surface area contributed by atoms with Gasteiger partial charge in [-0.3, -0.25) is 4.79 Å². The number of rotatable bonds is 6. The molecule has 0 radical (unpaired) electrons. The average molecular weight is 341 g/mol. The molecule has 0 spiro atoms. The van der Waals surface area contributed by atoms with E-state index in [1.54, 1.807) is 7.05 Å². The number of nitrogens with one attached hydrogen (secondary N) is 2. The van der Waals surface area contributed by atoms with Gasteiger partial charge in [0.05, 0.1) is 16.9 Å². The summed E-state index contributed by atoms with van der Waals surface area (Å²) in [6.45, 7) is 1.43. The fourth-order valence-electron chi connectivity index (χ4n) is 2.93. The number of nitrogen functional groups attached to an aromatic ring is 1. The summed E-state index contributed by atoms with van der Waals surface area (Å²) in [7, 11) is 1.66. The summed E-state index contributed by atoms with van der Waals surface area (Å²) in [6, 6.07) is 3.05. The summed E-state index contributed by atoms with van der Waals surface area (Å²) in [6.07, 6.45) is 1.37. The average Bonchev–Trinajstić information content (AvgIpc) is 2.55. The van der Waals surface area contributed by atoms with Gasteiger partial charge in [-0.2, -0.15) is 0 Å². The highest BCUT2D eigenvalue weighted by atomic mass is 19.3. The van der Waals surface area contributed by atoms with Crippen molar-refractivity contribution >= 4 is 17.3 Å². The normalized spacial score (nSPS) is 20.7. The highest BCUT2D eigenvalue weighted by Crippen LogP contribution is 2.30. The van der Waals surface area contributed by atoms with Gasteiger partial charge >= 0.3 is 0 Å². The highest BCUT2D eigenvalue weighted by molar-refractivity contribution is 5.99. The molecule has 1 aliphatic carbocycles. The number of hydrogen-bond donors (Lipinski definition) is 3. The highest BCUT2D eigenvalue weighted by Gasteiger charge is 2.23. The summed E-state index contributed by atoms with van der Waals surface area (Å²) in [5.74, 6) is 0.442. The minimum absolute atomic E-state index is 0.0989. The summed E-state index contributed by atoms with van der Waals surface area (Å²) in [5.41, 5.74) is 6.98. The maximum atomic E-state index is 12.6. The molecule has 1 aromatic carbocycles. The van der Waals surface area contributed by atoms with E-state index in [-0.39, 0.29) is 23.3 Å². The van der Waals surface area contributed by atoms with Crippen LogP contribution in [0.1, 0.15) is 43.0 Å². The zero-order valence-electron chi connectivity index (χ0n) is 14.1. The molecule has 0 atom stereocenters. The Morgan fingerprint density at radius 1 is 1.33 bits per heavy atom. The molecule has 2 rings (SSSR count). The van der Waals surface area contributed by atoms with Gasteiger partial charge < -0.3 is 21.1 Å². The van der Waals surface area contributed by atoms with Crippen LogP contribution in [-0.4, -0.2) is 32.0 Å². The van der Waals surface area contributed by atoms with Crippen LogP contribution < -0.4 is 21.1 Å². The molecule has 24 heavy (non-hydrogen) atoms. The van der Waals surface area contributed by atoms with Crippen LogP contribution in [0.15, 0.2) is 12.1 Å². The van der Waals surface area contributed by atoms with E-state index >= 15 is 0 Å². The van der Waals surface area contributed by atoms with Gasteiger partial charge in [0.2, 0.25) is 0 Å². The van der Waals surface area contributed by atoms with Crippen molar-refractivity contribution in [1.82, 2.24) is 5.32 Å². The Labute approximate surface area is 140 Å². The number of alkyl halides is 2. The van der Waals surface area contributed by atoms with E-state index in [0.717, 1.165) is 25.7 Å². The maximum absolute atomic E-state index is 12.6. The SMILES string of the molecule is CNc1cc(OCC(F)F)c(C(=O)N[C@H]2CC[C@H](C)CC2)cc1N. The standard InChI is InChI=1S/C17H25F2N3O2/c1-10-3-5-11(6-4-10)22-17(23)12-7-13(20)14(21-2)8-15(12)24-9-16(18)19/h7-8,10-11,16,21H,3-6,9,20H2,1-2H3,(H,22,23)/t10-,11-. The second-order valence-electron chi connectivity index (χ2n) is 6.32. The van der Waals surface area contributed by atoms with Crippen LogP contribution >= 0.6 is 0 Å². The first-order valence-corrected chi connectivity index (χ1v) is 8.23. The number of carbonyl (C=O) groups excluding carboxylic acids is 1. The zero-order valence-corrected chi connectivity index (χ0v) is 14.1. The molecule has 1 aliphatic rings. The van der Waals surface area contributed by atoms with E-state index in [2.05, 4.69) is 17.6 Å². The molecule has 0 saturated heterocycles. The van der Waals surface area contributed by atoms with Crippen molar-refractivity contribution < 1.29 is 18.3 Å². The van der Waals surface area contributed by atoms with Gasteiger partial charge in [0.25, 0.3) is 12.3 Å². The Morgan fingerprint density at radius 2 is 2.00 bits per heavy atom. The molecule has 134 valence electrons. The van der Waals surface area contributed by atoms with Gasteiger partial charge in [0, 0.05) is 19.2 Å². The summed E-state index contributed by atoms with van der Waals surface area (Å²) < 4.78 is 30.0. The number of hydrogen-bond acceptors (Lipinski definition) is 4. The quantitative estimate of drug-likeness (QED) is 0.694. The summed E-state index contributed by atoms with van der Waals surface area (Å²) in [5, 5.41) is 5.82. The fourth-order valence-corrected chi connectivity index (χ4v) is 2.93. The van der Waals surface area contributed by atoms with Crippen LogP contribution in [0, 0.1) is 5.92 Å². The van der Waals surface area contributed by atoms with Gasteiger partial charge in [-0.1, -0.05) is 6.92 Å². The molecular formula is C17H25F2N3O2. The van der Waals surface area contributed by atoms with E-state index in [9.17, 15) is 13.6 Å². The third-order valence-corrected chi connectivity index (χ3v) is 4.38. The molecular weight excluding hydrogens is 316 g/mol. The number of halogens is 2. The van der Waals surface area contributed by atoms with Gasteiger partial charge in [-0.15, -0.1) is 0 Å². The molecule has 1 aromatic rings. The molecule has 1 fully saturated rings. The minimum Gasteiger partial charge on any atom is -0.487 e. The molecule has 0 unspecified atom stereocenters. The second-order valence-corrected chi connectivity index (χ2v) is 6.32.